The number of nitrogens with one attached hydrogen (secondary N) is 1. The number of aliphatic hydroxyl groups is 1. The van der Waals surface area contributed by atoms with Gasteiger partial charge in [0.25, 0.3) is 5.91 Å². The molecule has 1 amide bonds. The van der Waals surface area contributed by atoms with Gasteiger partial charge in [0.15, 0.2) is 0 Å². The van der Waals surface area contributed by atoms with Crippen molar-refractivity contribution < 1.29 is 9.90 Å². The Morgan fingerprint density at radius 1 is 1.62 bits per heavy atom. The molecule has 2 rings (SSSR count). The topological polar surface area (TPSA) is 86.0 Å². The standard InChI is InChI=1S/C11H11N3O2/c12-5-8-1-2-9(13-6-8)10(16)14-11(7-15)3-4-11/h1-2,6,15H,3-4,7H2,(H,14,16). The third-order valence-electron chi connectivity index (χ3n) is 2.66. The first kappa shape index (κ1) is 10.6. The van der Waals surface area contributed by atoms with Crippen molar-refractivity contribution in [3.63, 3.8) is 0 Å². The van der Waals surface area contributed by atoms with Gasteiger partial charge in [-0.15, -0.1) is 0 Å². The Morgan fingerprint density at radius 2 is 2.38 bits per heavy atom. The fourth-order valence-corrected chi connectivity index (χ4v) is 1.37. The predicted octanol–water partition coefficient (Wildman–Crippen LogP) is 0.208. The van der Waals surface area contributed by atoms with Crippen LogP contribution in [0, 0.1) is 11.3 Å². The third-order valence-corrected chi connectivity index (χ3v) is 2.66. The van der Waals surface area contributed by atoms with Crippen molar-refractivity contribution >= 4 is 5.91 Å². The van der Waals surface area contributed by atoms with E-state index in [1.54, 1.807) is 6.07 Å². The SMILES string of the molecule is N#Cc1ccc(C(=O)NC2(CO)CC2)nc1. The number of aliphatic hydroxyl groups excluding tert-OH is 1. The van der Waals surface area contributed by atoms with E-state index < -0.39 is 5.54 Å². The van der Waals surface area contributed by atoms with Crippen LogP contribution in [0.25, 0.3) is 0 Å². The van der Waals surface area contributed by atoms with Crippen LogP contribution in [0.1, 0.15) is 28.9 Å². The highest BCUT2D eigenvalue weighted by Gasteiger charge is 2.43. The predicted molar refractivity (Wildman–Crippen MR) is 55.5 cm³/mol. The van der Waals surface area contributed by atoms with Gasteiger partial charge in [-0.3, -0.25) is 4.79 Å². The molecular weight excluding hydrogens is 206 g/mol. The lowest BCUT2D eigenvalue weighted by molar-refractivity contribution is 0.0901. The normalized spacial score (nSPS) is 16.2. The van der Waals surface area contributed by atoms with Crippen LogP contribution in [0.5, 0.6) is 0 Å². The van der Waals surface area contributed by atoms with E-state index in [9.17, 15) is 4.79 Å². The molecule has 0 bridgehead atoms. The van der Waals surface area contributed by atoms with E-state index in [1.165, 1.54) is 12.3 Å². The van der Waals surface area contributed by atoms with Crippen LogP contribution in [0.15, 0.2) is 18.3 Å². The Balaban J connectivity index is 2.07. The number of hydrogen-bond donors (Lipinski definition) is 2. The summed E-state index contributed by atoms with van der Waals surface area (Å²) >= 11 is 0. The monoisotopic (exact) mass is 217 g/mol. The highest BCUT2D eigenvalue weighted by Crippen LogP contribution is 2.34. The minimum atomic E-state index is -0.438. The van der Waals surface area contributed by atoms with Crippen molar-refractivity contribution in [1.29, 1.82) is 5.26 Å². The first-order chi connectivity index (χ1) is 7.69. The molecule has 0 spiro atoms. The quantitative estimate of drug-likeness (QED) is 0.757. The molecule has 1 aromatic rings. The highest BCUT2D eigenvalue weighted by molar-refractivity contribution is 5.93. The first-order valence-corrected chi connectivity index (χ1v) is 4.99. The van der Waals surface area contributed by atoms with Gasteiger partial charge in [0.1, 0.15) is 11.8 Å². The summed E-state index contributed by atoms with van der Waals surface area (Å²) in [5, 5.41) is 20.4. The molecule has 1 aromatic heterocycles. The van der Waals surface area contributed by atoms with E-state index in [1.807, 2.05) is 6.07 Å². The summed E-state index contributed by atoms with van der Waals surface area (Å²) < 4.78 is 0. The van der Waals surface area contributed by atoms with Gasteiger partial charge < -0.3 is 10.4 Å². The van der Waals surface area contributed by atoms with Gasteiger partial charge >= 0.3 is 0 Å². The second kappa shape index (κ2) is 3.91. The highest BCUT2D eigenvalue weighted by atomic mass is 16.3. The van der Waals surface area contributed by atoms with Crippen LogP contribution in [-0.2, 0) is 0 Å². The van der Waals surface area contributed by atoms with Crippen molar-refractivity contribution in [3.05, 3.63) is 29.6 Å². The Kier molecular flexibility index (Phi) is 2.59. The lowest BCUT2D eigenvalue weighted by Crippen LogP contribution is -2.39. The van der Waals surface area contributed by atoms with Crippen LogP contribution in [0.2, 0.25) is 0 Å². The summed E-state index contributed by atoms with van der Waals surface area (Å²) in [7, 11) is 0. The Hall–Kier alpha value is -1.93. The molecular formula is C11H11N3O2. The zero-order valence-corrected chi connectivity index (χ0v) is 8.60. The zero-order valence-electron chi connectivity index (χ0n) is 8.60. The molecule has 1 heterocycles. The van der Waals surface area contributed by atoms with Gasteiger partial charge in [-0.2, -0.15) is 5.26 Å². The molecule has 0 saturated heterocycles. The average molecular weight is 217 g/mol. The maximum atomic E-state index is 11.7. The van der Waals surface area contributed by atoms with Gasteiger partial charge in [0, 0.05) is 6.20 Å². The lowest BCUT2D eigenvalue weighted by Gasteiger charge is -2.13. The summed E-state index contributed by atoms with van der Waals surface area (Å²) in [5.74, 6) is -0.309. The molecule has 1 saturated carbocycles. The van der Waals surface area contributed by atoms with Crippen molar-refractivity contribution in [1.82, 2.24) is 10.3 Å². The molecule has 1 fully saturated rings. The summed E-state index contributed by atoms with van der Waals surface area (Å²) in [6.45, 7) is -0.0466. The van der Waals surface area contributed by atoms with Crippen molar-refractivity contribution in [2.24, 2.45) is 0 Å². The number of nitrogens with zero attached hydrogens (tertiary/aromatic N) is 2. The van der Waals surface area contributed by atoms with Crippen LogP contribution in [0.4, 0.5) is 0 Å². The molecule has 0 atom stereocenters. The molecule has 16 heavy (non-hydrogen) atoms. The number of aromatic nitrogens is 1. The van der Waals surface area contributed by atoms with E-state index in [0.717, 1.165) is 12.8 Å². The largest absolute Gasteiger partial charge is 0.394 e. The van der Waals surface area contributed by atoms with Gasteiger partial charge in [0.05, 0.1) is 17.7 Å². The van der Waals surface area contributed by atoms with E-state index in [2.05, 4.69) is 10.3 Å². The molecule has 2 N–H and O–H groups in total. The number of carbonyl (C=O) groups excluding carboxylic acids is 1. The van der Waals surface area contributed by atoms with E-state index in [0.29, 0.717) is 5.56 Å². The molecule has 0 radical (unpaired) electrons. The maximum Gasteiger partial charge on any atom is 0.270 e. The van der Waals surface area contributed by atoms with Gasteiger partial charge in [-0.05, 0) is 25.0 Å². The Bertz CT molecular complexity index is 443. The van der Waals surface area contributed by atoms with Crippen LogP contribution >= 0.6 is 0 Å². The number of carbonyl (C=O) groups is 1. The molecule has 5 heteroatoms. The maximum absolute atomic E-state index is 11.7. The van der Waals surface area contributed by atoms with Gasteiger partial charge in [-0.25, -0.2) is 4.98 Å². The molecule has 1 aliphatic rings. The molecule has 0 aliphatic heterocycles. The lowest BCUT2D eigenvalue weighted by atomic mass is 10.2. The summed E-state index contributed by atoms with van der Waals surface area (Å²) in [5.41, 5.74) is 0.241. The fourth-order valence-electron chi connectivity index (χ4n) is 1.37. The van der Waals surface area contributed by atoms with E-state index in [4.69, 9.17) is 10.4 Å². The Morgan fingerprint density at radius 3 is 2.81 bits per heavy atom. The van der Waals surface area contributed by atoms with Crippen molar-refractivity contribution in [2.45, 2.75) is 18.4 Å². The van der Waals surface area contributed by atoms with Crippen LogP contribution < -0.4 is 5.32 Å². The average Bonchev–Trinajstić information content (AvgIpc) is 3.09. The number of hydrogen-bond acceptors (Lipinski definition) is 4. The zero-order chi connectivity index (χ0) is 11.6. The van der Waals surface area contributed by atoms with E-state index in [-0.39, 0.29) is 18.2 Å². The molecule has 82 valence electrons. The second-order valence-corrected chi connectivity index (χ2v) is 3.94. The number of amides is 1. The minimum absolute atomic E-state index is 0.0466. The van der Waals surface area contributed by atoms with Crippen molar-refractivity contribution in [2.75, 3.05) is 6.61 Å². The number of nitriles is 1. The summed E-state index contributed by atoms with van der Waals surface area (Å²) in [6.07, 6.45) is 2.95. The molecule has 0 aromatic carbocycles. The smallest absolute Gasteiger partial charge is 0.270 e. The summed E-state index contributed by atoms with van der Waals surface area (Å²) in [6, 6.07) is 4.97. The summed E-state index contributed by atoms with van der Waals surface area (Å²) in [4.78, 5) is 15.6. The van der Waals surface area contributed by atoms with Gasteiger partial charge in [0.2, 0.25) is 0 Å². The van der Waals surface area contributed by atoms with Crippen LogP contribution in [-0.4, -0.2) is 28.1 Å². The Labute approximate surface area is 92.7 Å². The number of rotatable bonds is 3. The first-order valence-electron chi connectivity index (χ1n) is 4.99. The third kappa shape index (κ3) is 2.02. The molecule has 5 nitrogen and oxygen atoms in total. The van der Waals surface area contributed by atoms with Gasteiger partial charge in [-0.1, -0.05) is 0 Å². The van der Waals surface area contributed by atoms with Crippen LogP contribution in [0.3, 0.4) is 0 Å². The van der Waals surface area contributed by atoms with Crippen molar-refractivity contribution in [3.8, 4) is 6.07 Å². The second-order valence-electron chi connectivity index (χ2n) is 3.94. The van der Waals surface area contributed by atoms with E-state index >= 15 is 0 Å². The molecule has 1 aliphatic carbocycles. The number of pyridine rings is 1. The minimum Gasteiger partial charge on any atom is -0.394 e. The molecule has 0 unspecified atom stereocenters. The fraction of sp³-hybridized carbons (Fsp3) is 0.364.